The lowest BCUT2D eigenvalue weighted by Gasteiger charge is -1.95. The minimum atomic E-state index is -2.79. The van der Waals surface area contributed by atoms with Crippen molar-refractivity contribution in [2.75, 3.05) is 7.11 Å². The topological polar surface area (TPSA) is 43.4 Å². The molecule has 0 aliphatic carbocycles. The zero-order valence-corrected chi connectivity index (χ0v) is 5.27. The van der Waals surface area contributed by atoms with Crippen LogP contribution in [0.25, 0.3) is 0 Å². The maximum Gasteiger partial charge on any atom is 0.374 e. The van der Waals surface area contributed by atoms with E-state index in [2.05, 4.69) is 4.74 Å². The Bertz CT molecular complexity index is 144. The smallest absolute Gasteiger partial charge is 0.374 e. The van der Waals surface area contributed by atoms with Crippen molar-refractivity contribution in [3.8, 4) is 0 Å². The summed E-state index contributed by atoms with van der Waals surface area (Å²) in [6.45, 7) is 0. The van der Waals surface area contributed by atoms with Crippen LogP contribution in [0.15, 0.2) is 0 Å². The molecule has 0 unspecified atom stereocenters. The van der Waals surface area contributed by atoms with Gasteiger partial charge in [0.15, 0.2) is 0 Å². The highest BCUT2D eigenvalue weighted by Crippen LogP contribution is 1.99. The Morgan fingerprint density at radius 2 is 2.00 bits per heavy atom. The normalized spacial score (nSPS) is 9.60. The first-order valence-electron chi connectivity index (χ1n) is 2.47. The highest BCUT2D eigenvalue weighted by Gasteiger charge is 2.18. The van der Waals surface area contributed by atoms with Crippen LogP contribution in [0.5, 0.6) is 0 Å². The predicted octanol–water partition coefficient (Wildman–Crippen LogP) is 0.384. The number of halogens is 2. The van der Waals surface area contributed by atoms with Crippen molar-refractivity contribution < 1.29 is 23.1 Å². The van der Waals surface area contributed by atoms with Gasteiger partial charge in [-0.1, -0.05) is 0 Å². The highest BCUT2D eigenvalue weighted by atomic mass is 19.3. The highest BCUT2D eigenvalue weighted by molar-refractivity contribution is 6.33. The summed E-state index contributed by atoms with van der Waals surface area (Å²) in [5.41, 5.74) is 0. The van der Waals surface area contributed by atoms with E-state index in [1.807, 2.05) is 0 Å². The molecule has 0 aliphatic heterocycles. The Morgan fingerprint density at radius 1 is 1.50 bits per heavy atom. The Hall–Kier alpha value is -1.00. The van der Waals surface area contributed by atoms with Crippen molar-refractivity contribution in [3.05, 3.63) is 0 Å². The Morgan fingerprint density at radius 3 is 2.30 bits per heavy atom. The van der Waals surface area contributed by atoms with E-state index in [4.69, 9.17) is 0 Å². The first kappa shape index (κ1) is 9.00. The van der Waals surface area contributed by atoms with Crippen molar-refractivity contribution in [3.63, 3.8) is 0 Å². The predicted molar refractivity (Wildman–Crippen MR) is 27.6 cm³/mol. The molecular formula is C5H6F2O3. The van der Waals surface area contributed by atoms with Gasteiger partial charge in [-0.25, -0.2) is 13.6 Å². The summed E-state index contributed by atoms with van der Waals surface area (Å²) in [6, 6.07) is 0. The van der Waals surface area contributed by atoms with E-state index in [1.54, 1.807) is 0 Å². The number of ether oxygens (including phenoxy) is 1. The molecule has 0 rings (SSSR count). The first-order chi connectivity index (χ1) is 4.57. The summed E-state index contributed by atoms with van der Waals surface area (Å²) in [7, 11) is 0.964. The number of Topliss-reactive ketones (excluding diaryl/α,β-unsaturated/α-hetero) is 1. The maximum atomic E-state index is 11.4. The number of esters is 1. The minimum absolute atomic E-state index is 0.964. The van der Waals surface area contributed by atoms with Crippen molar-refractivity contribution in [1.29, 1.82) is 0 Å². The average molecular weight is 152 g/mol. The van der Waals surface area contributed by atoms with Crippen molar-refractivity contribution >= 4 is 11.8 Å². The van der Waals surface area contributed by atoms with Gasteiger partial charge in [0, 0.05) is 0 Å². The van der Waals surface area contributed by atoms with Gasteiger partial charge >= 0.3 is 5.97 Å². The van der Waals surface area contributed by atoms with E-state index in [0.29, 0.717) is 0 Å². The fraction of sp³-hybridized carbons (Fsp3) is 0.600. The van der Waals surface area contributed by atoms with Crippen LogP contribution in [-0.4, -0.2) is 25.3 Å². The van der Waals surface area contributed by atoms with Gasteiger partial charge in [-0.2, -0.15) is 0 Å². The van der Waals surface area contributed by atoms with Crippen molar-refractivity contribution in [1.82, 2.24) is 0 Å². The lowest BCUT2D eigenvalue weighted by atomic mass is 10.3. The van der Waals surface area contributed by atoms with Crippen LogP contribution < -0.4 is 0 Å². The lowest BCUT2D eigenvalue weighted by molar-refractivity contribution is -0.152. The number of methoxy groups -OCH3 is 1. The SMILES string of the molecule is COC(=O)C(=O)CC(F)F. The molecule has 5 heteroatoms. The number of ketones is 1. The zero-order chi connectivity index (χ0) is 8.15. The summed E-state index contributed by atoms with van der Waals surface area (Å²) >= 11 is 0. The number of alkyl halides is 2. The van der Waals surface area contributed by atoms with Gasteiger partial charge in [0.05, 0.1) is 13.5 Å². The van der Waals surface area contributed by atoms with E-state index in [1.165, 1.54) is 0 Å². The molecule has 10 heavy (non-hydrogen) atoms. The molecule has 0 spiro atoms. The van der Waals surface area contributed by atoms with Gasteiger partial charge in [-0.15, -0.1) is 0 Å². The van der Waals surface area contributed by atoms with Gasteiger partial charge < -0.3 is 4.74 Å². The summed E-state index contributed by atoms with van der Waals surface area (Å²) in [4.78, 5) is 20.4. The number of carbonyl (C=O) groups is 2. The third-order valence-corrected chi connectivity index (χ3v) is 0.753. The monoisotopic (exact) mass is 152 g/mol. The van der Waals surface area contributed by atoms with E-state index >= 15 is 0 Å². The first-order valence-corrected chi connectivity index (χ1v) is 2.47. The van der Waals surface area contributed by atoms with Crippen molar-refractivity contribution in [2.45, 2.75) is 12.8 Å². The summed E-state index contributed by atoms with van der Waals surface area (Å²) in [6.07, 6.45) is -3.85. The molecule has 0 aliphatic rings. The van der Waals surface area contributed by atoms with Crippen LogP contribution in [0.4, 0.5) is 8.78 Å². The molecule has 0 aromatic heterocycles. The molecule has 58 valence electrons. The van der Waals surface area contributed by atoms with Gasteiger partial charge in [-0.3, -0.25) is 4.79 Å². The standard InChI is InChI=1S/C5H6F2O3/c1-10-5(9)3(8)2-4(6)7/h4H,2H2,1H3. The minimum Gasteiger partial charge on any atom is -0.463 e. The summed E-state index contributed by atoms with van der Waals surface area (Å²) < 4.78 is 26.6. The van der Waals surface area contributed by atoms with E-state index in [-0.39, 0.29) is 0 Å². The van der Waals surface area contributed by atoms with E-state index in [0.717, 1.165) is 7.11 Å². The summed E-state index contributed by atoms with van der Waals surface area (Å²) in [5.74, 6) is -2.42. The molecule has 0 heterocycles. The van der Waals surface area contributed by atoms with Gasteiger partial charge in [-0.05, 0) is 0 Å². The lowest BCUT2D eigenvalue weighted by Crippen LogP contribution is -2.17. The summed E-state index contributed by atoms with van der Waals surface area (Å²) in [5, 5.41) is 0. The van der Waals surface area contributed by atoms with E-state index < -0.39 is 24.6 Å². The van der Waals surface area contributed by atoms with Crippen LogP contribution in [-0.2, 0) is 14.3 Å². The van der Waals surface area contributed by atoms with Crippen LogP contribution in [0.3, 0.4) is 0 Å². The molecule has 0 fully saturated rings. The molecule has 0 aromatic rings. The molecule has 0 radical (unpaired) electrons. The second kappa shape index (κ2) is 3.92. The molecule has 3 nitrogen and oxygen atoms in total. The molecular weight excluding hydrogens is 146 g/mol. The molecule has 0 amide bonds. The Labute approximate surface area is 56.0 Å². The fourth-order valence-corrected chi connectivity index (χ4v) is 0.337. The number of hydrogen-bond acceptors (Lipinski definition) is 3. The molecule has 0 atom stereocenters. The van der Waals surface area contributed by atoms with Crippen LogP contribution >= 0.6 is 0 Å². The van der Waals surface area contributed by atoms with Gasteiger partial charge in [0.25, 0.3) is 0 Å². The molecule has 0 aromatic carbocycles. The van der Waals surface area contributed by atoms with Crippen LogP contribution in [0, 0.1) is 0 Å². The van der Waals surface area contributed by atoms with Gasteiger partial charge in [0.1, 0.15) is 0 Å². The maximum absolute atomic E-state index is 11.4. The second-order valence-electron chi connectivity index (χ2n) is 1.51. The zero-order valence-electron chi connectivity index (χ0n) is 5.27. The molecule has 0 bridgehead atoms. The second-order valence-corrected chi connectivity index (χ2v) is 1.51. The van der Waals surface area contributed by atoms with Crippen molar-refractivity contribution in [2.24, 2.45) is 0 Å². The fourth-order valence-electron chi connectivity index (χ4n) is 0.337. The molecule has 0 saturated carbocycles. The Balaban J connectivity index is 3.74. The largest absolute Gasteiger partial charge is 0.463 e. The molecule has 0 N–H and O–H groups in total. The van der Waals surface area contributed by atoms with Crippen LogP contribution in [0.2, 0.25) is 0 Å². The quantitative estimate of drug-likeness (QED) is 0.433. The third-order valence-electron chi connectivity index (χ3n) is 0.753. The van der Waals surface area contributed by atoms with Gasteiger partial charge in [0.2, 0.25) is 12.2 Å². The number of carbonyl (C=O) groups excluding carboxylic acids is 2. The van der Waals surface area contributed by atoms with Crippen LogP contribution in [0.1, 0.15) is 6.42 Å². The number of hydrogen-bond donors (Lipinski definition) is 0. The number of rotatable bonds is 3. The molecule has 0 saturated heterocycles. The average Bonchev–Trinajstić information content (AvgIpc) is 1.85. The Kier molecular flexibility index (Phi) is 3.53. The third kappa shape index (κ3) is 3.11. The van der Waals surface area contributed by atoms with E-state index in [9.17, 15) is 18.4 Å².